The summed E-state index contributed by atoms with van der Waals surface area (Å²) in [6, 6.07) is 21.0. The molecule has 0 radical (unpaired) electrons. The van der Waals surface area contributed by atoms with Gasteiger partial charge in [-0.25, -0.2) is 0 Å². The van der Waals surface area contributed by atoms with Crippen LogP contribution in [0.5, 0.6) is 0 Å². The highest BCUT2D eigenvalue weighted by atomic mass is 13.9. The molecule has 19 heavy (non-hydrogen) atoms. The van der Waals surface area contributed by atoms with E-state index in [0.717, 1.165) is 5.47 Å². The molecule has 0 heterocycles. The summed E-state index contributed by atoms with van der Waals surface area (Å²) in [5, 5.41) is 0. The maximum atomic E-state index is 3.94. The van der Waals surface area contributed by atoms with Crippen molar-refractivity contribution in [1.29, 1.82) is 0 Å². The molecule has 0 saturated heterocycles. The highest BCUT2D eigenvalue weighted by Crippen LogP contribution is 2.05. The third-order valence-corrected chi connectivity index (χ3v) is 3.15. The van der Waals surface area contributed by atoms with Crippen LogP contribution in [0.25, 0.3) is 0 Å². The quantitative estimate of drug-likeness (QED) is 0.560. The lowest BCUT2D eigenvalue weighted by Crippen LogP contribution is -2.43. The van der Waals surface area contributed by atoms with E-state index in [0.29, 0.717) is 0 Å². The van der Waals surface area contributed by atoms with E-state index in [4.69, 9.17) is 0 Å². The zero-order chi connectivity index (χ0) is 13.5. The molecule has 2 rings (SSSR count). The monoisotopic (exact) mass is 244 g/mol. The Hall–Kier alpha value is -2.28. The van der Waals surface area contributed by atoms with Crippen LogP contribution in [-0.4, -0.2) is 6.71 Å². The van der Waals surface area contributed by atoms with E-state index in [1.807, 2.05) is 30.4 Å². The summed E-state index contributed by atoms with van der Waals surface area (Å²) in [7, 11) is 0. The summed E-state index contributed by atoms with van der Waals surface area (Å²) >= 11 is 0. The van der Waals surface area contributed by atoms with Crippen molar-refractivity contribution in [1.82, 2.24) is 0 Å². The van der Waals surface area contributed by atoms with Crippen molar-refractivity contribution in [3.63, 3.8) is 0 Å². The molecule has 0 aliphatic heterocycles. The largest absolute Gasteiger partial charge is 0.241 e. The minimum absolute atomic E-state index is 0.206. The van der Waals surface area contributed by atoms with Crippen LogP contribution in [0, 0.1) is 0 Å². The number of hydrogen-bond donors (Lipinski definition) is 0. The van der Waals surface area contributed by atoms with Crippen LogP contribution in [0.2, 0.25) is 0 Å². The maximum Gasteiger partial charge on any atom is 0.241 e. The van der Waals surface area contributed by atoms with Crippen LogP contribution in [0.1, 0.15) is 0 Å². The lowest BCUT2D eigenvalue weighted by Gasteiger charge is -2.15. The van der Waals surface area contributed by atoms with Crippen LogP contribution in [0.3, 0.4) is 0 Å². The van der Waals surface area contributed by atoms with Crippen molar-refractivity contribution in [2.45, 2.75) is 0 Å². The Balaban J connectivity index is 2.54. The smallest absolute Gasteiger partial charge is 0.0996 e. The van der Waals surface area contributed by atoms with Crippen molar-refractivity contribution in [3.8, 4) is 0 Å². The third kappa shape index (κ3) is 3.14. The molecule has 0 fully saturated rings. The summed E-state index contributed by atoms with van der Waals surface area (Å²) in [4.78, 5) is 0. The van der Waals surface area contributed by atoms with Crippen molar-refractivity contribution < 1.29 is 0 Å². The van der Waals surface area contributed by atoms with Crippen molar-refractivity contribution in [2.75, 3.05) is 0 Å². The van der Waals surface area contributed by atoms with E-state index in [1.54, 1.807) is 0 Å². The van der Waals surface area contributed by atoms with Gasteiger partial charge in [-0.15, -0.1) is 0 Å². The van der Waals surface area contributed by atoms with Gasteiger partial charge in [-0.05, 0) is 0 Å². The normalized spacial score (nSPS) is 10.8. The van der Waals surface area contributed by atoms with E-state index in [2.05, 4.69) is 61.7 Å². The van der Waals surface area contributed by atoms with Gasteiger partial charge in [0.05, 0.1) is 0 Å². The Morgan fingerprint density at radius 1 is 0.789 bits per heavy atom. The summed E-state index contributed by atoms with van der Waals surface area (Å²) in [6.45, 7) is 7.94. The zero-order valence-corrected chi connectivity index (χ0v) is 11.0. The van der Waals surface area contributed by atoms with Gasteiger partial charge in [-0.3, -0.25) is 0 Å². The van der Waals surface area contributed by atoms with Crippen molar-refractivity contribution in [2.24, 2.45) is 0 Å². The lowest BCUT2D eigenvalue weighted by atomic mass is 9.36. The van der Waals surface area contributed by atoms with E-state index in [1.165, 1.54) is 10.9 Å². The molecular formula is C18H17B. The average molecular weight is 244 g/mol. The lowest BCUT2D eigenvalue weighted by molar-refractivity contribution is 1.71. The molecule has 2 aromatic carbocycles. The van der Waals surface area contributed by atoms with Crippen LogP contribution in [0.4, 0.5) is 0 Å². The standard InChI is InChI=1S/C18H17B/c1-3-11-16(4-2)19(17-12-7-5-8-13-17)18-14-9-6-10-15-18/h3-15H,1-2H2/b16-11+. The Kier molecular flexibility index (Phi) is 4.57. The summed E-state index contributed by atoms with van der Waals surface area (Å²) in [5.74, 6) is 0. The topological polar surface area (TPSA) is 0 Å². The van der Waals surface area contributed by atoms with E-state index in [-0.39, 0.29) is 6.71 Å². The molecule has 0 N–H and O–H groups in total. The minimum Gasteiger partial charge on any atom is -0.0996 e. The Morgan fingerprint density at radius 2 is 1.26 bits per heavy atom. The molecule has 0 saturated carbocycles. The molecule has 1 heteroatoms. The molecule has 0 amide bonds. The Bertz CT molecular complexity index is 528. The highest BCUT2D eigenvalue weighted by molar-refractivity contribution is 6.91. The predicted molar refractivity (Wildman–Crippen MR) is 86.4 cm³/mol. The molecule has 0 bridgehead atoms. The van der Waals surface area contributed by atoms with Crippen LogP contribution >= 0.6 is 0 Å². The third-order valence-electron chi connectivity index (χ3n) is 3.15. The van der Waals surface area contributed by atoms with Gasteiger partial charge >= 0.3 is 0 Å². The summed E-state index contributed by atoms with van der Waals surface area (Å²) in [5.41, 5.74) is 3.69. The number of allylic oxidation sites excluding steroid dienone is 4. The number of benzene rings is 2. The molecule has 0 aliphatic carbocycles. The van der Waals surface area contributed by atoms with Gasteiger partial charge in [0.25, 0.3) is 0 Å². The molecule has 0 atom stereocenters. The molecule has 92 valence electrons. The molecule has 0 aliphatic rings. The molecular weight excluding hydrogens is 227 g/mol. The molecule has 0 nitrogen and oxygen atoms in total. The first-order chi connectivity index (χ1) is 9.36. The molecule has 2 aromatic rings. The van der Waals surface area contributed by atoms with Gasteiger partial charge < -0.3 is 0 Å². The van der Waals surface area contributed by atoms with Crippen molar-refractivity contribution in [3.05, 3.63) is 97.5 Å². The SMILES string of the molecule is C=C/C=C(\C=C)B(c1ccccc1)c1ccccc1. The number of hydrogen-bond acceptors (Lipinski definition) is 0. The van der Waals surface area contributed by atoms with Gasteiger partial charge in [0.2, 0.25) is 6.71 Å². The first-order valence-electron chi connectivity index (χ1n) is 6.41. The van der Waals surface area contributed by atoms with Crippen LogP contribution < -0.4 is 10.9 Å². The first kappa shape index (κ1) is 13.2. The highest BCUT2D eigenvalue weighted by Gasteiger charge is 2.21. The van der Waals surface area contributed by atoms with Crippen LogP contribution in [-0.2, 0) is 0 Å². The summed E-state index contributed by atoms with van der Waals surface area (Å²) < 4.78 is 0. The molecule has 0 unspecified atom stereocenters. The average Bonchev–Trinajstić information content (AvgIpc) is 2.49. The van der Waals surface area contributed by atoms with Crippen molar-refractivity contribution >= 4 is 17.6 Å². The maximum absolute atomic E-state index is 3.94. The second-order valence-electron chi connectivity index (χ2n) is 4.36. The second kappa shape index (κ2) is 6.60. The summed E-state index contributed by atoms with van der Waals surface area (Å²) in [6.07, 6.45) is 5.75. The van der Waals surface area contributed by atoms with Gasteiger partial charge in [-0.2, -0.15) is 0 Å². The van der Waals surface area contributed by atoms with E-state index >= 15 is 0 Å². The Labute approximate surface area is 115 Å². The fourth-order valence-corrected chi connectivity index (χ4v) is 2.29. The predicted octanol–water partition coefficient (Wildman–Crippen LogP) is 3.13. The Morgan fingerprint density at radius 3 is 1.63 bits per heavy atom. The number of rotatable bonds is 5. The van der Waals surface area contributed by atoms with Gasteiger partial charge in [0, 0.05) is 0 Å². The fourth-order valence-electron chi connectivity index (χ4n) is 2.29. The van der Waals surface area contributed by atoms with Gasteiger partial charge in [-0.1, -0.05) is 108 Å². The molecule has 0 spiro atoms. The first-order valence-corrected chi connectivity index (χ1v) is 6.41. The van der Waals surface area contributed by atoms with Gasteiger partial charge in [0.1, 0.15) is 0 Å². The van der Waals surface area contributed by atoms with Gasteiger partial charge in [0.15, 0.2) is 0 Å². The van der Waals surface area contributed by atoms with E-state index < -0.39 is 0 Å². The second-order valence-corrected chi connectivity index (χ2v) is 4.36. The van der Waals surface area contributed by atoms with E-state index in [9.17, 15) is 0 Å². The fraction of sp³-hybridized carbons (Fsp3) is 0. The minimum atomic E-state index is 0.206. The van der Waals surface area contributed by atoms with Crippen LogP contribution in [0.15, 0.2) is 97.5 Å². The molecule has 0 aromatic heterocycles. The zero-order valence-electron chi connectivity index (χ0n) is 11.0.